The van der Waals surface area contributed by atoms with E-state index in [0.29, 0.717) is 6.04 Å². The van der Waals surface area contributed by atoms with E-state index in [1.807, 2.05) is 12.1 Å². The van der Waals surface area contributed by atoms with Gasteiger partial charge in [-0.05, 0) is 43.1 Å². The van der Waals surface area contributed by atoms with E-state index in [4.69, 9.17) is 0 Å². The van der Waals surface area contributed by atoms with Crippen molar-refractivity contribution in [1.82, 2.24) is 10.2 Å². The Bertz CT molecular complexity index is 426. The average molecular weight is 277 g/mol. The summed E-state index contributed by atoms with van der Waals surface area (Å²) in [7, 11) is 0. The van der Waals surface area contributed by atoms with Crippen molar-refractivity contribution in [3.8, 4) is 0 Å². The standard InChI is InChI=1S/C16H24FN3/c1-13-10-16(12-18-11-13)20-8-6-19(7-9-20)15-4-2-14(17)3-5-15/h2-5,13,16,18H,6-12H2,1H3. The van der Waals surface area contributed by atoms with Gasteiger partial charge in [-0.3, -0.25) is 4.90 Å². The van der Waals surface area contributed by atoms with Crippen molar-refractivity contribution >= 4 is 5.69 Å². The van der Waals surface area contributed by atoms with Gasteiger partial charge in [-0.25, -0.2) is 4.39 Å². The number of benzene rings is 1. The molecule has 1 aromatic rings. The molecule has 0 saturated carbocycles. The first-order chi connectivity index (χ1) is 9.72. The van der Waals surface area contributed by atoms with Crippen molar-refractivity contribution in [2.24, 2.45) is 5.92 Å². The predicted octanol–water partition coefficient (Wildman–Crippen LogP) is 1.95. The van der Waals surface area contributed by atoms with E-state index in [0.717, 1.165) is 50.9 Å². The number of halogens is 1. The van der Waals surface area contributed by atoms with E-state index in [-0.39, 0.29) is 5.82 Å². The molecule has 20 heavy (non-hydrogen) atoms. The Morgan fingerprint density at radius 3 is 2.40 bits per heavy atom. The first kappa shape index (κ1) is 13.8. The lowest BCUT2D eigenvalue weighted by Crippen LogP contribution is -2.55. The van der Waals surface area contributed by atoms with E-state index in [9.17, 15) is 4.39 Å². The molecule has 1 N–H and O–H groups in total. The third-order valence-electron chi connectivity index (χ3n) is 4.57. The van der Waals surface area contributed by atoms with Gasteiger partial charge in [0.15, 0.2) is 0 Å². The fraction of sp³-hybridized carbons (Fsp3) is 0.625. The van der Waals surface area contributed by atoms with Crippen LogP contribution in [0.25, 0.3) is 0 Å². The number of rotatable bonds is 2. The maximum Gasteiger partial charge on any atom is 0.123 e. The lowest BCUT2D eigenvalue weighted by atomic mass is 9.96. The maximum absolute atomic E-state index is 13.0. The smallest absolute Gasteiger partial charge is 0.123 e. The molecule has 3 rings (SSSR count). The van der Waals surface area contributed by atoms with Gasteiger partial charge in [-0.1, -0.05) is 6.92 Å². The van der Waals surface area contributed by atoms with Crippen molar-refractivity contribution < 1.29 is 4.39 Å². The summed E-state index contributed by atoms with van der Waals surface area (Å²) in [5.41, 5.74) is 1.14. The van der Waals surface area contributed by atoms with E-state index in [1.54, 1.807) is 12.1 Å². The third kappa shape index (κ3) is 3.13. The molecule has 2 aliphatic heterocycles. The summed E-state index contributed by atoms with van der Waals surface area (Å²) in [6.45, 7) is 8.90. The molecule has 0 aromatic heterocycles. The maximum atomic E-state index is 13.0. The van der Waals surface area contributed by atoms with E-state index in [2.05, 4.69) is 22.0 Å². The zero-order valence-electron chi connectivity index (χ0n) is 12.2. The molecule has 0 aliphatic carbocycles. The molecule has 110 valence electrons. The molecule has 2 saturated heterocycles. The molecule has 4 heteroatoms. The molecule has 0 spiro atoms. The summed E-state index contributed by atoms with van der Waals surface area (Å²) >= 11 is 0. The summed E-state index contributed by atoms with van der Waals surface area (Å²) in [6.07, 6.45) is 1.31. The van der Waals surface area contributed by atoms with Crippen molar-refractivity contribution in [3.63, 3.8) is 0 Å². The Morgan fingerprint density at radius 1 is 1.05 bits per heavy atom. The number of anilines is 1. The summed E-state index contributed by atoms with van der Waals surface area (Å²) in [6, 6.07) is 7.56. The first-order valence-corrected chi connectivity index (χ1v) is 7.67. The van der Waals surface area contributed by atoms with Crippen LogP contribution >= 0.6 is 0 Å². The molecular weight excluding hydrogens is 253 g/mol. The lowest BCUT2D eigenvalue weighted by Gasteiger charge is -2.42. The number of nitrogens with zero attached hydrogens (tertiary/aromatic N) is 2. The fourth-order valence-corrected chi connectivity index (χ4v) is 3.40. The first-order valence-electron chi connectivity index (χ1n) is 7.67. The Morgan fingerprint density at radius 2 is 1.75 bits per heavy atom. The second kappa shape index (κ2) is 6.10. The van der Waals surface area contributed by atoms with E-state index >= 15 is 0 Å². The van der Waals surface area contributed by atoms with Gasteiger partial charge in [0.05, 0.1) is 0 Å². The van der Waals surface area contributed by atoms with Crippen molar-refractivity contribution in [2.75, 3.05) is 44.2 Å². The molecule has 2 unspecified atom stereocenters. The molecule has 0 amide bonds. The number of nitrogens with one attached hydrogen (secondary N) is 1. The van der Waals surface area contributed by atoms with Gasteiger partial charge in [0.25, 0.3) is 0 Å². The van der Waals surface area contributed by atoms with Crippen LogP contribution in [0.1, 0.15) is 13.3 Å². The SMILES string of the molecule is CC1CNCC(N2CCN(c3ccc(F)cc3)CC2)C1. The Hall–Kier alpha value is -1.13. The van der Waals surface area contributed by atoms with Crippen molar-refractivity contribution in [3.05, 3.63) is 30.1 Å². The molecule has 2 aliphatic rings. The van der Waals surface area contributed by atoms with E-state index < -0.39 is 0 Å². The number of hydrogen-bond acceptors (Lipinski definition) is 3. The minimum atomic E-state index is -0.158. The van der Waals surface area contributed by atoms with Gasteiger partial charge in [-0.15, -0.1) is 0 Å². The number of hydrogen-bond donors (Lipinski definition) is 1. The minimum Gasteiger partial charge on any atom is -0.369 e. The monoisotopic (exact) mass is 277 g/mol. The Labute approximate surface area is 120 Å². The van der Waals surface area contributed by atoms with Crippen LogP contribution in [-0.2, 0) is 0 Å². The summed E-state index contributed by atoms with van der Waals surface area (Å²) < 4.78 is 13.0. The highest BCUT2D eigenvalue weighted by molar-refractivity contribution is 5.46. The summed E-state index contributed by atoms with van der Waals surface area (Å²) in [4.78, 5) is 4.97. The predicted molar refractivity (Wildman–Crippen MR) is 80.6 cm³/mol. The molecule has 2 fully saturated rings. The largest absolute Gasteiger partial charge is 0.369 e. The zero-order chi connectivity index (χ0) is 13.9. The highest BCUT2D eigenvalue weighted by atomic mass is 19.1. The molecule has 2 heterocycles. The van der Waals surface area contributed by atoms with E-state index in [1.165, 1.54) is 6.42 Å². The van der Waals surface area contributed by atoms with Crippen LogP contribution in [0.3, 0.4) is 0 Å². The van der Waals surface area contributed by atoms with Gasteiger partial charge < -0.3 is 10.2 Å². The molecule has 3 nitrogen and oxygen atoms in total. The Kier molecular flexibility index (Phi) is 4.22. The Balaban J connectivity index is 1.55. The third-order valence-corrected chi connectivity index (χ3v) is 4.57. The van der Waals surface area contributed by atoms with Gasteiger partial charge in [-0.2, -0.15) is 0 Å². The molecular formula is C16H24FN3. The molecule has 0 bridgehead atoms. The minimum absolute atomic E-state index is 0.158. The van der Waals surface area contributed by atoms with Gasteiger partial charge >= 0.3 is 0 Å². The fourth-order valence-electron chi connectivity index (χ4n) is 3.40. The van der Waals surface area contributed by atoms with Crippen molar-refractivity contribution in [2.45, 2.75) is 19.4 Å². The average Bonchev–Trinajstić information content (AvgIpc) is 2.48. The topological polar surface area (TPSA) is 18.5 Å². The zero-order valence-corrected chi connectivity index (χ0v) is 12.2. The normalized spacial score (nSPS) is 28.6. The van der Waals surface area contributed by atoms with Crippen LogP contribution < -0.4 is 10.2 Å². The van der Waals surface area contributed by atoms with Crippen LogP contribution in [0.15, 0.2) is 24.3 Å². The van der Waals surface area contributed by atoms with Gasteiger partial charge in [0.1, 0.15) is 5.82 Å². The van der Waals surface area contributed by atoms with Crippen LogP contribution in [0.5, 0.6) is 0 Å². The summed E-state index contributed by atoms with van der Waals surface area (Å²) in [5, 5.41) is 3.53. The molecule has 2 atom stereocenters. The molecule has 0 radical (unpaired) electrons. The van der Waals surface area contributed by atoms with Crippen LogP contribution in [0.4, 0.5) is 10.1 Å². The second-order valence-electron chi connectivity index (χ2n) is 6.15. The van der Waals surface area contributed by atoms with Crippen LogP contribution in [0, 0.1) is 11.7 Å². The number of piperidine rings is 1. The van der Waals surface area contributed by atoms with Crippen LogP contribution in [0.2, 0.25) is 0 Å². The second-order valence-corrected chi connectivity index (χ2v) is 6.15. The number of piperazine rings is 1. The highest BCUT2D eigenvalue weighted by Gasteiger charge is 2.27. The van der Waals surface area contributed by atoms with Gasteiger partial charge in [0.2, 0.25) is 0 Å². The van der Waals surface area contributed by atoms with Crippen molar-refractivity contribution in [1.29, 1.82) is 0 Å². The van der Waals surface area contributed by atoms with Crippen LogP contribution in [-0.4, -0.2) is 50.2 Å². The lowest BCUT2D eigenvalue weighted by molar-refractivity contribution is 0.138. The highest BCUT2D eigenvalue weighted by Crippen LogP contribution is 2.20. The summed E-state index contributed by atoms with van der Waals surface area (Å²) in [5.74, 6) is 0.624. The quantitative estimate of drug-likeness (QED) is 0.891. The van der Waals surface area contributed by atoms with Gasteiger partial charge in [0, 0.05) is 44.5 Å². The molecule has 1 aromatic carbocycles.